The lowest BCUT2D eigenvalue weighted by molar-refractivity contribution is -0.0629. The molecule has 1 aliphatic heterocycles. The van der Waals surface area contributed by atoms with Crippen molar-refractivity contribution in [2.75, 3.05) is 13.2 Å². The Kier molecular flexibility index (Phi) is 4.61. The normalized spacial score (nSPS) is 27.3. The second-order valence-corrected chi connectivity index (χ2v) is 8.06. The first-order valence-corrected chi connectivity index (χ1v) is 8.92. The van der Waals surface area contributed by atoms with Crippen LogP contribution in [0, 0.1) is 5.92 Å². The zero-order chi connectivity index (χ0) is 15.6. The molecule has 0 bridgehead atoms. The van der Waals surface area contributed by atoms with Gasteiger partial charge in [0.2, 0.25) is 0 Å². The van der Waals surface area contributed by atoms with E-state index < -0.39 is 0 Å². The van der Waals surface area contributed by atoms with Gasteiger partial charge in [-0.2, -0.15) is 0 Å². The largest absolute Gasteiger partial charge is 0.375 e. The van der Waals surface area contributed by atoms with Crippen molar-refractivity contribution in [1.82, 2.24) is 5.32 Å². The number of nitrogens with one attached hydrogen (secondary N) is 1. The maximum atomic E-state index is 5.82. The van der Waals surface area contributed by atoms with Crippen LogP contribution < -0.4 is 5.32 Å². The average Bonchev–Trinajstić information content (AvgIpc) is 3.32. The highest BCUT2D eigenvalue weighted by Gasteiger charge is 2.42. The van der Waals surface area contributed by atoms with E-state index in [-0.39, 0.29) is 5.60 Å². The third kappa shape index (κ3) is 3.72. The standard InChI is InChI=1S/C20H31NO/c1-19(2)15-18(11-14-22-19)21-13-12-20(3,17-9-10-17)16-7-5-4-6-8-16/h4-8,17-18,21H,9-15H2,1-3H3/t18-,20-/m0/s1. The van der Waals surface area contributed by atoms with Crippen LogP contribution in [0.5, 0.6) is 0 Å². The summed E-state index contributed by atoms with van der Waals surface area (Å²) in [5, 5.41) is 3.81. The molecule has 1 N–H and O–H groups in total. The zero-order valence-corrected chi connectivity index (χ0v) is 14.4. The molecule has 0 aromatic heterocycles. The molecule has 1 saturated carbocycles. The van der Waals surface area contributed by atoms with Crippen molar-refractivity contribution in [1.29, 1.82) is 0 Å². The minimum Gasteiger partial charge on any atom is -0.375 e. The molecule has 1 aliphatic carbocycles. The molecule has 22 heavy (non-hydrogen) atoms. The Hall–Kier alpha value is -0.860. The molecule has 1 saturated heterocycles. The minimum atomic E-state index is 0.0368. The lowest BCUT2D eigenvalue weighted by atomic mass is 9.75. The number of ether oxygens (including phenoxy) is 1. The Morgan fingerprint density at radius 3 is 2.55 bits per heavy atom. The maximum absolute atomic E-state index is 5.82. The molecule has 122 valence electrons. The van der Waals surface area contributed by atoms with Gasteiger partial charge < -0.3 is 10.1 Å². The molecular weight excluding hydrogens is 270 g/mol. The first-order chi connectivity index (χ1) is 10.5. The second kappa shape index (κ2) is 6.33. The molecule has 2 heteroatoms. The van der Waals surface area contributed by atoms with Gasteiger partial charge >= 0.3 is 0 Å². The molecule has 2 aliphatic rings. The van der Waals surface area contributed by atoms with Crippen LogP contribution in [0.25, 0.3) is 0 Å². The highest BCUT2D eigenvalue weighted by Crippen LogP contribution is 2.49. The van der Waals surface area contributed by atoms with Crippen LogP contribution in [-0.4, -0.2) is 24.8 Å². The summed E-state index contributed by atoms with van der Waals surface area (Å²) in [5.74, 6) is 0.878. The van der Waals surface area contributed by atoms with E-state index in [0.29, 0.717) is 11.5 Å². The molecule has 0 amide bonds. The molecule has 1 aromatic rings. The Labute approximate surface area is 135 Å². The number of rotatable bonds is 6. The predicted octanol–water partition coefficient (Wildman–Crippen LogP) is 4.29. The van der Waals surface area contributed by atoms with Crippen molar-refractivity contribution in [3.05, 3.63) is 35.9 Å². The van der Waals surface area contributed by atoms with Crippen molar-refractivity contribution in [2.45, 2.75) is 69.9 Å². The van der Waals surface area contributed by atoms with Crippen molar-refractivity contribution >= 4 is 0 Å². The van der Waals surface area contributed by atoms with E-state index in [2.05, 4.69) is 56.4 Å². The Bertz CT molecular complexity index is 480. The molecule has 1 heterocycles. The van der Waals surface area contributed by atoms with Gasteiger partial charge in [0.05, 0.1) is 5.60 Å². The SMILES string of the molecule is CC1(C)C[C@@H](NCC[C@@](C)(c2ccccc2)C2CC2)CCO1. The highest BCUT2D eigenvalue weighted by atomic mass is 16.5. The van der Waals surface area contributed by atoms with E-state index in [1.807, 2.05) is 0 Å². The fourth-order valence-corrected chi connectivity index (χ4v) is 4.07. The van der Waals surface area contributed by atoms with Gasteiger partial charge in [-0.3, -0.25) is 0 Å². The fourth-order valence-electron chi connectivity index (χ4n) is 4.07. The van der Waals surface area contributed by atoms with Crippen molar-refractivity contribution in [3.63, 3.8) is 0 Å². The summed E-state index contributed by atoms with van der Waals surface area (Å²) in [6, 6.07) is 11.7. The number of hydrogen-bond acceptors (Lipinski definition) is 2. The predicted molar refractivity (Wildman–Crippen MR) is 92.2 cm³/mol. The summed E-state index contributed by atoms with van der Waals surface area (Å²) in [7, 11) is 0. The molecule has 3 rings (SSSR count). The Balaban J connectivity index is 1.57. The average molecular weight is 301 g/mol. The van der Waals surface area contributed by atoms with Gasteiger partial charge in [-0.1, -0.05) is 37.3 Å². The molecule has 0 unspecified atom stereocenters. The molecule has 0 radical (unpaired) electrons. The van der Waals surface area contributed by atoms with Crippen LogP contribution in [0.3, 0.4) is 0 Å². The van der Waals surface area contributed by atoms with Crippen LogP contribution in [-0.2, 0) is 10.2 Å². The smallest absolute Gasteiger partial charge is 0.0641 e. The van der Waals surface area contributed by atoms with Crippen LogP contribution in [0.15, 0.2) is 30.3 Å². The Morgan fingerprint density at radius 1 is 1.18 bits per heavy atom. The van der Waals surface area contributed by atoms with Gasteiger partial charge in [-0.15, -0.1) is 0 Å². The van der Waals surface area contributed by atoms with Crippen LogP contribution >= 0.6 is 0 Å². The van der Waals surface area contributed by atoms with Crippen LogP contribution in [0.2, 0.25) is 0 Å². The summed E-state index contributed by atoms with van der Waals surface area (Å²) >= 11 is 0. The maximum Gasteiger partial charge on any atom is 0.0641 e. The molecule has 2 atom stereocenters. The molecule has 2 nitrogen and oxygen atoms in total. The van der Waals surface area contributed by atoms with Gasteiger partial charge in [0.25, 0.3) is 0 Å². The van der Waals surface area contributed by atoms with Crippen molar-refractivity contribution < 1.29 is 4.74 Å². The van der Waals surface area contributed by atoms with Crippen LogP contribution in [0.1, 0.15) is 58.4 Å². The topological polar surface area (TPSA) is 21.3 Å². The summed E-state index contributed by atoms with van der Waals surface area (Å²) < 4.78 is 5.82. The van der Waals surface area contributed by atoms with E-state index in [9.17, 15) is 0 Å². The third-order valence-electron chi connectivity index (χ3n) is 5.69. The quantitative estimate of drug-likeness (QED) is 0.846. The summed E-state index contributed by atoms with van der Waals surface area (Å²) in [5.41, 5.74) is 1.90. The number of benzene rings is 1. The summed E-state index contributed by atoms with van der Waals surface area (Å²) in [4.78, 5) is 0. The lowest BCUT2D eigenvalue weighted by Gasteiger charge is -2.37. The summed E-state index contributed by atoms with van der Waals surface area (Å²) in [6.45, 7) is 8.89. The molecule has 2 fully saturated rings. The third-order valence-corrected chi connectivity index (χ3v) is 5.69. The van der Waals surface area contributed by atoms with E-state index in [1.165, 1.54) is 24.8 Å². The zero-order valence-electron chi connectivity index (χ0n) is 14.4. The van der Waals surface area contributed by atoms with Crippen molar-refractivity contribution in [3.8, 4) is 0 Å². The molecule has 0 spiro atoms. The fraction of sp³-hybridized carbons (Fsp3) is 0.700. The van der Waals surface area contributed by atoms with Gasteiger partial charge in [0, 0.05) is 12.6 Å². The minimum absolute atomic E-state index is 0.0368. The van der Waals surface area contributed by atoms with Gasteiger partial charge in [-0.25, -0.2) is 0 Å². The van der Waals surface area contributed by atoms with E-state index in [0.717, 1.165) is 31.9 Å². The first-order valence-electron chi connectivity index (χ1n) is 8.92. The van der Waals surface area contributed by atoms with Crippen molar-refractivity contribution in [2.24, 2.45) is 5.92 Å². The first kappa shape index (κ1) is 16.0. The Morgan fingerprint density at radius 2 is 1.91 bits per heavy atom. The highest BCUT2D eigenvalue weighted by molar-refractivity contribution is 5.27. The number of hydrogen-bond donors (Lipinski definition) is 1. The summed E-state index contributed by atoms with van der Waals surface area (Å²) in [6.07, 6.45) is 6.30. The van der Waals surface area contributed by atoms with Crippen LogP contribution in [0.4, 0.5) is 0 Å². The lowest BCUT2D eigenvalue weighted by Crippen LogP contribution is -2.45. The van der Waals surface area contributed by atoms with Gasteiger partial charge in [-0.05, 0) is 69.4 Å². The van der Waals surface area contributed by atoms with E-state index in [4.69, 9.17) is 4.74 Å². The molecule has 1 aromatic carbocycles. The van der Waals surface area contributed by atoms with E-state index in [1.54, 1.807) is 0 Å². The van der Waals surface area contributed by atoms with Gasteiger partial charge in [0.1, 0.15) is 0 Å². The van der Waals surface area contributed by atoms with Gasteiger partial charge in [0.15, 0.2) is 0 Å². The second-order valence-electron chi connectivity index (χ2n) is 8.06. The molecular formula is C20H31NO. The van der Waals surface area contributed by atoms with E-state index >= 15 is 0 Å². The monoisotopic (exact) mass is 301 g/mol.